The van der Waals surface area contributed by atoms with Crippen molar-refractivity contribution in [1.29, 1.82) is 5.26 Å². The molecule has 0 unspecified atom stereocenters. The molecule has 2 aromatic carbocycles. The zero-order chi connectivity index (χ0) is 23.6. The highest BCUT2D eigenvalue weighted by molar-refractivity contribution is 8.00. The number of ether oxygens (including phenoxy) is 1. The van der Waals surface area contributed by atoms with Crippen molar-refractivity contribution in [3.05, 3.63) is 76.8 Å². The van der Waals surface area contributed by atoms with E-state index in [-0.39, 0.29) is 40.2 Å². The van der Waals surface area contributed by atoms with Gasteiger partial charge in [0.05, 0.1) is 23.4 Å². The number of thioether (sulfide) groups is 1. The fourth-order valence-electron chi connectivity index (χ4n) is 2.68. The van der Waals surface area contributed by atoms with E-state index in [4.69, 9.17) is 22.1 Å². The predicted molar refractivity (Wildman–Crippen MR) is 128 cm³/mol. The number of nitrogens with one attached hydrogen (secondary N) is 2. The maximum atomic E-state index is 12.5. The number of hydrogen-bond acceptors (Lipinski definition) is 7. The Morgan fingerprint density at radius 3 is 2.58 bits per heavy atom. The third kappa shape index (κ3) is 7.14. The molecule has 0 aliphatic carbocycles. The summed E-state index contributed by atoms with van der Waals surface area (Å²) in [4.78, 5) is 28.8. The molecule has 0 aliphatic heterocycles. The second kappa shape index (κ2) is 11.8. The van der Waals surface area contributed by atoms with E-state index in [0.29, 0.717) is 23.0 Å². The van der Waals surface area contributed by atoms with Gasteiger partial charge in [0.15, 0.2) is 0 Å². The molecule has 0 spiro atoms. The number of benzene rings is 2. The quantitative estimate of drug-likeness (QED) is 0.313. The molecule has 33 heavy (non-hydrogen) atoms. The molecule has 1 aromatic heterocycles. The Morgan fingerprint density at radius 2 is 1.88 bits per heavy atom. The molecule has 1 heterocycles. The van der Waals surface area contributed by atoms with Crippen molar-refractivity contribution in [1.82, 2.24) is 10.3 Å². The van der Waals surface area contributed by atoms with Crippen LogP contribution in [0.15, 0.2) is 65.7 Å². The first-order valence-electron chi connectivity index (χ1n) is 9.81. The number of carbonyl (C=O) groups excluding carboxylic acids is 2. The second-order valence-electron chi connectivity index (χ2n) is 6.65. The summed E-state index contributed by atoms with van der Waals surface area (Å²) in [6.07, 6.45) is 0. The zero-order valence-corrected chi connectivity index (χ0v) is 18.9. The molecule has 2 amide bonds. The minimum atomic E-state index is -0.474. The smallest absolute Gasteiger partial charge is 0.259 e. The summed E-state index contributed by atoms with van der Waals surface area (Å²) in [7, 11) is 0. The summed E-state index contributed by atoms with van der Waals surface area (Å²) in [5, 5.41) is 15.8. The maximum absolute atomic E-state index is 12.5. The summed E-state index contributed by atoms with van der Waals surface area (Å²) < 4.78 is 5.51. The number of nitrogens with zero attached hydrogens (tertiary/aromatic N) is 2. The van der Waals surface area contributed by atoms with Crippen LogP contribution in [0, 0.1) is 11.3 Å². The standard InChI is InChI=1S/C23H20ClN5O3S/c24-16-6-8-18(9-7-16)32-11-10-27-20(30)14-33-23-15(13-25)12-19(21(26)29-23)22(31)28-17-4-2-1-3-5-17/h1-9,12H,10-11,14H2,(H2,26,29)(H,27,30)(H,28,31). The normalized spacial score (nSPS) is 10.2. The largest absolute Gasteiger partial charge is 0.492 e. The van der Waals surface area contributed by atoms with Crippen molar-refractivity contribution in [2.24, 2.45) is 0 Å². The molecule has 4 N–H and O–H groups in total. The molecule has 0 aliphatic rings. The van der Waals surface area contributed by atoms with Crippen LogP contribution in [0.4, 0.5) is 11.5 Å². The molecular weight excluding hydrogens is 462 g/mol. The molecule has 3 rings (SSSR count). The fourth-order valence-corrected chi connectivity index (χ4v) is 3.60. The van der Waals surface area contributed by atoms with Gasteiger partial charge in [-0.15, -0.1) is 0 Å². The Kier molecular flexibility index (Phi) is 8.52. The van der Waals surface area contributed by atoms with Crippen LogP contribution < -0.4 is 21.1 Å². The Morgan fingerprint density at radius 1 is 1.15 bits per heavy atom. The van der Waals surface area contributed by atoms with E-state index in [2.05, 4.69) is 15.6 Å². The first-order valence-corrected chi connectivity index (χ1v) is 11.2. The number of nitrogen functional groups attached to an aromatic ring is 1. The monoisotopic (exact) mass is 481 g/mol. The molecule has 0 bridgehead atoms. The first-order chi connectivity index (χ1) is 16.0. The van der Waals surface area contributed by atoms with Crippen LogP contribution in [0.5, 0.6) is 5.75 Å². The molecule has 168 valence electrons. The number of anilines is 2. The summed E-state index contributed by atoms with van der Waals surface area (Å²) in [5.74, 6) is -0.0792. The van der Waals surface area contributed by atoms with Crippen molar-refractivity contribution < 1.29 is 14.3 Å². The zero-order valence-electron chi connectivity index (χ0n) is 17.4. The number of carbonyl (C=O) groups is 2. The van der Waals surface area contributed by atoms with Crippen LogP contribution in [-0.4, -0.2) is 35.7 Å². The van der Waals surface area contributed by atoms with Crippen LogP contribution in [0.25, 0.3) is 0 Å². The van der Waals surface area contributed by atoms with Crippen molar-refractivity contribution in [3.63, 3.8) is 0 Å². The van der Waals surface area contributed by atoms with Crippen molar-refractivity contribution >= 4 is 46.7 Å². The van der Waals surface area contributed by atoms with Crippen LogP contribution in [-0.2, 0) is 4.79 Å². The Balaban J connectivity index is 1.52. The summed E-state index contributed by atoms with van der Waals surface area (Å²) in [6, 6.07) is 19.1. The number of pyridine rings is 1. The van der Waals surface area contributed by atoms with Crippen LogP contribution in [0.2, 0.25) is 5.02 Å². The summed E-state index contributed by atoms with van der Waals surface area (Å²) in [5.41, 5.74) is 6.79. The van der Waals surface area contributed by atoms with Crippen molar-refractivity contribution in [2.75, 3.05) is 30.0 Å². The lowest BCUT2D eigenvalue weighted by atomic mass is 10.2. The van der Waals surface area contributed by atoms with E-state index in [9.17, 15) is 14.9 Å². The van der Waals surface area contributed by atoms with Gasteiger partial charge in [0.25, 0.3) is 5.91 Å². The minimum absolute atomic E-state index is 0.0254. The van der Waals surface area contributed by atoms with E-state index in [0.717, 1.165) is 11.8 Å². The van der Waals surface area contributed by atoms with E-state index in [1.54, 1.807) is 48.5 Å². The molecule has 0 saturated carbocycles. The van der Waals surface area contributed by atoms with Gasteiger partial charge in [-0.3, -0.25) is 9.59 Å². The van der Waals surface area contributed by atoms with Gasteiger partial charge in [0, 0.05) is 10.7 Å². The van der Waals surface area contributed by atoms with Gasteiger partial charge < -0.3 is 21.1 Å². The van der Waals surface area contributed by atoms with Gasteiger partial charge in [0.1, 0.15) is 29.3 Å². The van der Waals surface area contributed by atoms with Crippen molar-refractivity contribution in [2.45, 2.75) is 5.03 Å². The molecule has 10 heteroatoms. The number of aromatic nitrogens is 1. The molecule has 0 radical (unpaired) electrons. The number of nitriles is 1. The van der Waals surface area contributed by atoms with E-state index >= 15 is 0 Å². The molecule has 0 saturated heterocycles. The SMILES string of the molecule is N#Cc1cc(C(=O)Nc2ccccc2)c(N)nc1SCC(=O)NCCOc1ccc(Cl)cc1. The lowest BCUT2D eigenvalue weighted by molar-refractivity contribution is -0.118. The van der Waals surface area contributed by atoms with Gasteiger partial charge in [-0.25, -0.2) is 4.98 Å². The van der Waals surface area contributed by atoms with Gasteiger partial charge in [-0.1, -0.05) is 41.6 Å². The number of amides is 2. The van der Waals surface area contributed by atoms with E-state index in [1.807, 2.05) is 12.1 Å². The Bertz CT molecular complexity index is 1170. The lowest BCUT2D eigenvalue weighted by Gasteiger charge is -2.10. The number of para-hydroxylation sites is 1. The third-order valence-electron chi connectivity index (χ3n) is 4.26. The van der Waals surface area contributed by atoms with Gasteiger partial charge in [0.2, 0.25) is 5.91 Å². The van der Waals surface area contributed by atoms with Crippen LogP contribution >= 0.6 is 23.4 Å². The Hall–Kier alpha value is -3.74. The highest BCUT2D eigenvalue weighted by Crippen LogP contribution is 2.25. The molecule has 3 aromatic rings. The van der Waals surface area contributed by atoms with E-state index < -0.39 is 5.91 Å². The molecule has 8 nitrogen and oxygen atoms in total. The highest BCUT2D eigenvalue weighted by Gasteiger charge is 2.17. The average molecular weight is 482 g/mol. The van der Waals surface area contributed by atoms with Gasteiger partial charge in [-0.2, -0.15) is 5.26 Å². The topological polar surface area (TPSA) is 130 Å². The molecule has 0 fully saturated rings. The number of halogens is 1. The second-order valence-corrected chi connectivity index (χ2v) is 8.05. The number of hydrogen-bond donors (Lipinski definition) is 3. The lowest BCUT2D eigenvalue weighted by Crippen LogP contribution is -2.29. The van der Waals surface area contributed by atoms with Crippen LogP contribution in [0.1, 0.15) is 15.9 Å². The number of nitrogens with two attached hydrogens (primary N) is 1. The van der Waals surface area contributed by atoms with Gasteiger partial charge in [-0.05, 0) is 42.5 Å². The summed E-state index contributed by atoms with van der Waals surface area (Å²) >= 11 is 6.88. The first kappa shape index (κ1) is 23.9. The predicted octanol–water partition coefficient (Wildman–Crippen LogP) is 3.73. The highest BCUT2D eigenvalue weighted by atomic mass is 35.5. The minimum Gasteiger partial charge on any atom is -0.492 e. The average Bonchev–Trinajstić information content (AvgIpc) is 2.82. The van der Waals surface area contributed by atoms with Gasteiger partial charge >= 0.3 is 0 Å². The summed E-state index contributed by atoms with van der Waals surface area (Å²) in [6.45, 7) is 0.596. The fraction of sp³-hybridized carbons (Fsp3) is 0.130. The van der Waals surface area contributed by atoms with Crippen LogP contribution in [0.3, 0.4) is 0 Å². The van der Waals surface area contributed by atoms with Crippen molar-refractivity contribution in [3.8, 4) is 11.8 Å². The third-order valence-corrected chi connectivity index (χ3v) is 5.50. The molecular formula is C23H20ClN5O3S. The number of rotatable bonds is 9. The Labute approximate surface area is 200 Å². The maximum Gasteiger partial charge on any atom is 0.259 e. The van der Waals surface area contributed by atoms with E-state index in [1.165, 1.54) is 6.07 Å². The molecule has 0 atom stereocenters.